The molecule has 0 aromatic heterocycles. The highest BCUT2D eigenvalue weighted by Gasteiger charge is 2.33. The van der Waals surface area contributed by atoms with Crippen LogP contribution in [0.5, 0.6) is 0 Å². The van der Waals surface area contributed by atoms with Gasteiger partial charge in [-0.05, 0) is 31.5 Å². The van der Waals surface area contributed by atoms with Crippen LogP contribution in [0.3, 0.4) is 0 Å². The minimum Gasteiger partial charge on any atom is -0.368 e. The van der Waals surface area contributed by atoms with Gasteiger partial charge in [0.2, 0.25) is 5.91 Å². The molecule has 1 heterocycles. The Balaban J connectivity index is 2.41. The van der Waals surface area contributed by atoms with Crippen molar-refractivity contribution in [1.29, 1.82) is 0 Å². The second-order valence-corrected chi connectivity index (χ2v) is 7.95. The molecule has 0 N–H and O–H groups in total. The maximum atomic E-state index is 13.6. The number of hydrogen-bond donors (Lipinski definition) is 0. The molecular weight excluding hydrogens is 307 g/mol. The summed E-state index contributed by atoms with van der Waals surface area (Å²) in [4.78, 5) is 16.0. The predicted octanol–water partition coefficient (Wildman–Crippen LogP) is 1.82. The van der Waals surface area contributed by atoms with Crippen LogP contribution < -0.4 is 9.80 Å². The highest BCUT2D eigenvalue weighted by atomic mass is 32.2. The first-order chi connectivity index (χ1) is 10.3. The molecule has 0 radical (unpaired) electrons. The van der Waals surface area contributed by atoms with Crippen molar-refractivity contribution in [2.75, 3.05) is 35.7 Å². The number of benzene rings is 1. The Morgan fingerprint density at radius 2 is 2.00 bits per heavy atom. The molecule has 0 unspecified atom stereocenters. The van der Waals surface area contributed by atoms with E-state index in [9.17, 15) is 17.6 Å². The van der Waals surface area contributed by atoms with E-state index in [-0.39, 0.29) is 0 Å². The molecule has 0 aliphatic carbocycles. The molecule has 1 aliphatic heterocycles. The standard InChI is InChI=1S/C15H21FN2O3S/c1-4-7-17-8-9-18(15(19)11(2)22(3,20)21)14-10-12(16)5-6-13(14)17/h5-6,10-11H,4,7-9H2,1-3H3/t11-/m1/s1. The maximum Gasteiger partial charge on any atom is 0.245 e. The lowest BCUT2D eigenvalue weighted by Gasteiger charge is -2.38. The zero-order chi connectivity index (χ0) is 16.5. The average Bonchev–Trinajstić information content (AvgIpc) is 2.45. The number of anilines is 2. The summed E-state index contributed by atoms with van der Waals surface area (Å²) in [6.07, 6.45) is 1.97. The number of amides is 1. The van der Waals surface area contributed by atoms with Crippen molar-refractivity contribution in [2.24, 2.45) is 0 Å². The average molecular weight is 328 g/mol. The van der Waals surface area contributed by atoms with Crippen LogP contribution in [-0.4, -0.2) is 45.5 Å². The maximum absolute atomic E-state index is 13.6. The third-order valence-electron chi connectivity index (χ3n) is 3.91. The molecule has 1 amide bonds. The van der Waals surface area contributed by atoms with Gasteiger partial charge in [0.15, 0.2) is 9.84 Å². The second kappa shape index (κ2) is 6.24. The minimum atomic E-state index is -3.49. The van der Waals surface area contributed by atoms with Gasteiger partial charge < -0.3 is 9.80 Å². The summed E-state index contributed by atoms with van der Waals surface area (Å²) in [6.45, 7) is 5.19. The molecule has 0 bridgehead atoms. The zero-order valence-electron chi connectivity index (χ0n) is 13.0. The fraction of sp³-hybridized carbons (Fsp3) is 0.533. The van der Waals surface area contributed by atoms with Crippen LogP contribution in [0.2, 0.25) is 0 Å². The Morgan fingerprint density at radius 3 is 2.59 bits per heavy atom. The van der Waals surface area contributed by atoms with E-state index in [4.69, 9.17) is 0 Å². The van der Waals surface area contributed by atoms with Crippen LogP contribution in [0, 0.1) is 5.82 Å². The lowest BCUT2D eigenvalue weighted by Crippen LogP contribution is -2.48. The van der Waals surface area contributed by atoms with Crippen molar-refractivity contribution >= 4 is 27.1 Å². The van der Waals surface area contributed by atoms with Crippen molar-refractivity contribution in [1.82, 2.24) is 0 Å². The molecule has 2 rings (SSSR count). The van der Waals surface area contributed by atoms with E-state index in [1.54, 1.807) is 6.07 Å². The first-order valence-electron chi connectivity index (χ1n) is 7.30. The van der Waals surface area contributed by atoms with Gasteiger partial charge in [-0.3, -0.25) is 4.79 Å². The van der Waals surface area contributed by atoms with Gasteiger partial charge in [-0.2, -0.15) is 0 Å². The fourth-order valence-electron chi connectivity index (χ4n) is 2.58. The molecule has 122 valence electrons. The summed E-state index contributed by atoms with van der Waals surface area (Å²) in [5, 5.41) is -1.14. The number of fused-ring (bicyclic) bond motifs is 1. The fourth-order valence-corrected chi connectivity index (χ4v) is 3.07. The Kier molecular flexibility index (Phi) is 4.75. The second-order valence-electron chi connectivity index (χ2n) is 5.58. The summed E-state index contributed by atoms with van der Waals surface area (Å²) >= 11 is 0. The van der Waals surface area contributed by atoms with Gasteiger partial charge in [0.05, 0.1) is 11.4 Å². The molecule has 0 saturated carbocycles. The van der Waals surface area contributed by atoms with Crippen LogP contribution in [0.4, 0.5) is 15.8 Å². The number of nitrogens with zero attached hydrogens (tertiary/aromatic N) is 2. The molecule has 22 heavy (non-hydrogen) atoms. The lowest BCUT2D eigenvalue weighted by molar-refractivity contribution is -0.118. The number of sulfone groups is 1. The molecule has 1 aliphatic rings. The molecule has 1 atom stereocenters. The summed E-state index contributed by atoms with van der Waals surface area (Å²) in [5.74, 6) is -0.951. The van der Waals surface area contributed by atoms with Gasteiger partial charge in [-0.25, -0.2) is 12.8 Å². The number of hydrogen-bond acceptors (Lipinski definition) is 4. The Bertz CT molecular complexity index is 675. The summed E-state index contributed by atoms with van der Waals surface area (Å²) < 4.78 is 36.9. The molecule has 0 spiro atoms. The lowest BCUT2D eigenvalue weighted by atomic mass is 10.1. The van der Waals surface area contributed by atoms with Gasteiger partial charge in [-0.15, -0.1) is 0 Å². The van der Waals surface area contributed by atoms with Crippen molar-refractivity contribution in [2.45, 2.75) is 25.5 Å². The van der Waals surface area contributed by atoms with Crippen molar-refractivity contribution in [3.8, 4) is 0 Å². The van der Waals surface area contributed by atoms with Gasteiger partial charge in [0, 0.05) is 25.9 Å². The van der Waals surface area contributed by atoms with Crippen LogP contribution in [0.1, 0.15) is 20.3 Å². The van der Waals surface area contributed by atoms with E-state index in [0.29, 0.717) is 18.8 Å². The Morgan fingerprint density at radius 1 is 1.32 bits per heavy atom. The van der Waals surface area contributed by atoms with Crippen molar-refractivity contribution in [3.05, 3.63) is 24.0 Å². The van der Waals surface area contributed by atoms with Gasteiger partial charge in [-0.1, -0.05) is 6.92 Å². The first kappa shape index (κ1) is 16.7. The number of carbonyl (C=O) groups excluding carboxylic acids is 1. The SMILES string of the molecule is CCCN1CCN(C(=O)[C@@H](C)S(C)(=O)=O)c2cc(F)ccc21. The van der Waals surface area contributed by atoms with E-state index in [0.717, 1.165) is 24.9 Å². The van der Waals surface area contributed by atoms with E-state index >= 15 is 0 Å². The topological polar surface area (TPSA) is 57.7 Å². The van der Waals surface area contributed by atoms with E-state index in [2.05, 4.69) is 4.90 Å². The Hall–Kier alpha value is -1.63. The quantitative estimate of drug-likeness (QED) is 0.846. The third-order valence-corrected chi connectivity index (χ3v) is 5.40. The number of rotatable bonds is 4. The van der Waals surface area contributed by atoms with Gasteiger partial charge in [0.1, 0.15) is 11.1 Å². The van der Waals surface area contributed by atoms with Gasteiger partial charge >= 0.3 is 0 Å². The summed E-state index contributed by atoms with van der Waals surface area (Å²) in [5.41, 5.74) is 1.21. The first-order valence-corrected chi connectivity index (χ1v) is 9.26. The Labute approximate surface area is 130 Å². The molecule has 1 aromatic carbocycles. The highest BCUT2D eigenvalue weighted by molar-refractivity contribution is 7.92. The van der Waals surface area contributed by atoms with E-state index in [1.807, 2.05) is 6.92 Å². The molecule has 1 aromatic rings. The van der Waals surface area contributed by atoms with Crippen LogP contribution >= 0.6 is 0 Å². The minimum absolute atomic E-state index is 0.356. The van der Waals surface area contributed by atoms with E-state index in [1.165, 1.54) is 24.0 Å². The summed E-state index contributed by atoms with van der Waals surface area (Å²) in [7, 11) is -3.49. The summed E-state index contributed by atoms with van der Waals surface area (Å²) in [6, 6.07) is 4.30. The monoisotopic (exact) mass is 328 g/mol. The normalized spacial score (nSPS) is 16.4. The van der Waals surface area contributed by atoms with E-state index < -0.39 is 26.8 Å². The molecule has 0 fully saturated rings. The third kappa shape index (κ3) is 3.24. The predicted molar refractivity (Wildman–Crippen MR) is 85.6 cm³/mol. The van der Waals surface area contributed by atoms with Crippen molar-refractivity contribution in [3.63, 3.8) is 0 Å². The molecule has 7 heteroatoms. The zero-order valence-corrected chi connectivity index (χ0v) is 13.9. The van der Waals surface area contributed by atoms with Crippen LogP contribution in [0.15, 0.2) is 18.2 Å². The molecule has 0 saturated heterocycles. The molecular formula is C15H21FN2O3S. The molecule has 5 nitrogen and oxygen atoms in total. The highest BCUT2D eigenvalue weighted by Crippen LogP contribution is 2.34. The number of halogens is 1. The smallest absolute Gasteiger partial charge is 0.245 e. The number of carbonyl (C=O) groups is 1. The van der Waals surface area contributed by atoms with Crippen molar-refractivity contribution < 1.29 is 17.6 Å². The largest absolute Gasteiger partial charge is 0.368 e. The van der Waals surface area contributed by atoms with Crippen LogP contribution in [-0.2, 0) is 14.6 Å². The van der Waals surface area contributed by atoms with Gasteiger partial charge in [0.25, 0.3) is 0 Å². The van der Waals surface area contributed by atoms with Crippen LogP contribution in [0.25, 0.3) is 0 Å².